The fourth-order valence-electron chi connectivity index (χ4n) is 2.28. The topological polar surface area (TPSA) is 52.1 Å². The lowest BCUT2D eigenvalue weighted by molar-refractivity contribution is -0.142. The molecule has 0 bridgehead atoms. The fourth-order valence-corrected chi connectivity index (χ4v) is 3.37. The van der Waals surface area contributed by atoms with Crippen LogP contribution in [0.1, 0.15) is 17.7 Å². The Morgan fingerprint density at radius 1 is 1.09 bits per heavy atom. The van der Waals surface area contributed by atoms with Crippen LogP contribution in [0.3, 0.4) is 0 Å². The number of esters is 1. The number of para-hydroxylation sites is 1. The largest absolute Gasteiger partial charge is 0.465 e. The Morgan fingerprint density at radius 2 is 1.83 bits per heavy atom. The maximum Gasteiger partial charge on any atom is 0.324 e. The molecule has 2 aromatic carbocycles. The summed E-state index contributed by atoms with van der Waals surface area (Å²) in [7, 11) is 0. The molecule has 5 heteroatoms. The van der Waals surface area contributed by atoms with E-state index in [2.05, 4.69) is 9.97 Å². The van der Waals surface area contributed by atoms with Gasteiger partial charge in [-0.3, -0.25) is 4.79 Å². The average molecular weight is 324 g/mol. The van der Waals surface area contributed by atoms with Crippen molar-refractivity contribution >= 4 is 28.6 Å². The van der Waals surface area contributed by atoms with Crippen molar-refractivity contribution in [2.45, 2.75) is 17.2 Å². The van der Waals surface area contributed by atoms with Crippen LogP contribution in [-0.4, -0.2) is 22.5 Å². The minimum Gasteiger partial charge on any atom is -0.465 e. The van der Waals surface area contributed by atoms with Crippen LogP contribution in [0.25, 0.3) is 10.9 Å². The van der Waals surface area contributed by atoms with E-state index in [0.717, 1.165) is 21.5 Å². The smallest absolute Gasteiger partial charge is 0.324 e. The zero-order chi connectivity index (χ0) is 16.1. The van der Waals surface area contributed by atoms with Gasteiger partial charge in [-0.1, -0.05) is 60.3 Å². The molecule has 0 N–H and O–H groups in total. The molecule has 0 unspecified atom stereocenters. The van der Waals surface area contributed by atoms with Crippen LogP contribution in [-0.2, 0) is 9.53 Å². The van der Waals surface area contributed by atoms with Gasteiger partial charge in [0.05, 0.1) is 12.1 Å². The first-order valence-electron chi connectivity index (χ1n) is 7.37. The Morgan fingerprint density at radius 3 is 2.61 bits per heavy atom. The number of ether oxygens (including phenoxy) is 1. The van der Waals surface area contributed by atoms with Gasteiger partial charge in [-0.2, -0.15) is 0 Å². The molecule has 1 aromatic heterocycles. The molecule has 3 aromatic rings. The predicted molar refractivity (Wildman–Crippen MR) is 91.2 cm³/mol. The third-order valence-electron chi connectivity index (χ3n) is 3.34. The lowest BCUT2D eigenvalue weighted by Crippen LogP contribution is -2.13. The van der Waals surface area contributed by atoms with Crippen LogP contribution in [0.15, 0.2) is 66.0 Å². The molecule has 0 aliphatic carbocycles. The number of nitrogens with zero attached hydrogens (tertiary/aromatic N) is 2. The van der Waals surface area contributed by atoms with Gasteiger partial charge in [0.1, 0.15) is 16.6 Å². The minimum atomic E-state index is -0.450. The van der Waals surface area contributed by atoms with Crippen molar-refractivity contribution in [1.29, 1.82) is 0 Å². The highest BCUT2D eigenvalue weighted by Gasteiger charge is 2.24. The van der Waals surface area contributed by atoms with Gasteiger partial charge in [-0.05, 0) is 18.6 Å². The zero-order valence-corrected chi connectivity index (χ0v) is 13.5. The van der Waals surface area contributed by atoms with E-state index in [-0.39, 0.29) is 5.97 Å². The van der Waals surface area contributed by atoms with E-state index in [4.69, 9.17) is 4.74 Å². The van der Waals surface area contributed by atoms with Crippen molar-refractivity contribution in [3.8, 4) is 0 Å². The summed E-state index contributed by atoms with van der Waals surface area (Å²) < 4.78 is 5.24. The van der Waals surface area contributed by atoms with E-state index in [1.54, 1.807) is 0 Å². The van der Waals surface area contributed by atoms with Crippen molar-refractivity contribution in [2.24, 2.45) is 0 Å². The molecule has 0 fully saturated rings. The van der Waals surface area contributed by atoms with Crippen molar-refractivity contribution in [2.75, 3.05) is 6.61 Å². The second kappa shape index (κ2) is 7.24. The quantitative estimate of drug-likeness (QED) is 0.403. The number of aromatic nitrogens is 2. The number of carbonyl (C=O) groups excluding carboxylic acids is 1. The molecule has 0 saturated carbocycles. The summed E-state index contributed by atoms with van der Waals surface area (Å²) in [6.07, 6.45) is 1.53. The lowest BCUT2D eigenvalue weighted by Gasteiger charge is -2.15. The van der Waals surface area contributed by atoms with Crippen molar-refractivity contribution < 1.29 is 9.53 Å². The monoisotopic (exact) mass is 324 g/mol. The highest BCUT2D eigenvalue weighted by molar-refractivity contribution is 8.00. The molecule has 1 atom stereocenters. The number of rotatable bonds is 5. The Kier molecular flexibility index (Phi) is 4.88. The third kappa shape index (κ3) is 3.51. The molecular formula is C18H16N2O2S. The zero-order valence-electron chi connectivity index (χ0n) is 12.7. The standard InChI is InChI=1S/C18H16N2O2S/c1-2-22-18(21)16(13-8-4-3-5-9-13)23-17-14-10-6-7-11-15(14)19-12-20-17/h3-12,16H,2H2,1H3/t16-/m1/s1. The van der Waals surface area contributed by atoms with Gasteiger partial charge >= 0.3 is 5.97 Å². The molecule has 3 rings (SSSR count). The molecule has 0 amide bonds. The SMILES string of the molecule is CCOC(=O)[C@H](Sc1ncnc2ccccc12)c1ccccc1. The molecule has 0 saturated heterocycles. The number of benzene rings is 2. The second-order valence-corrected chi connectivity index (χ2v) is 5.95. The van der Waals surface area contributed by atoms with Crippen molar-refractivity contribution in [3.05, 3.63) is 66.5 Å². The fraction of sp³-hybridized carbons (Fsp3) is 0.167. The Labute approximate surface area is 138 Å². The summed E-state index contributed by atoms with van der Waals surface area (Å²) in [6.45, 7) is 2.16. The van der Waals surface area contributed by atoms with Crippen molar-refractivity contribution in [1.82, 2.24) is 9.97 Å². The Bertz CT molecular complexity index is 803. The van der Waals surface area contributed by atoms with Gasteiger partial charge in [-0.15, -0.1) is 0 Å². The van der Waals surface area contributed by atoms with Gasteiger partial charge in [0, 0.05) is 5.39 Å². The predicted octanol–water partition coefficient (Wildman–Crippen LogP) is 4.03. The van der Waals surface area contributed by atoms with Crippen LogP contribution >= 0.6 is 11.8 Å². The van der Waals surface area contributed by atoms with Crippen LogP contribution < -0.4 is 0 Å². The first kappa shape index (κ1) is 15.5. The Hall–Kier alpha value is -2.40. The second-order valence-electron chi connectivity index (χ2n) is 4.86. The molecule has 23 heavy (non-hydrogen) atoms. The summed E-state index contributed by atoms with van der Waals surface area (Å²) in [6, 6.07) is 17.4. The summed E-state index contributed by atoms with van der Waals surface area (Å²) in [5.74, 6) is -0.258. The van der Waals surface area contributed by atoms with E-state index in [1.165, 1.54) is 18.1 Å². The van der Waals surface area contributed by atoms with Gasteiger partial charge in [0.2, 0.25) is 0 Å². The van der Waals surface area contributed by atoms with E-state index < -0.39 is 5.25 Å². The van der Waals surface area contributed by atoms with Crippen LogP contribution in [0.5, 0.6) is 0 Å². The molecule has 1 heterocycles. The summed E-state index contributed by atoms with van der Waals surface area (Å²) in [5, 5.41) is 1.26. The molecule has 0 spiro atoms. The molecule has 4 nitrogen and oxygen atoms in total. The third-order valence-corrected chi connectivity index (χ3v) is 4.59. The van der Waals surface area contributed by atoms with Crippen molar-refractivity contribution in [3.63, 3.8) is 0 Å². The molecular weight excluding hydrogens is 308 g/mol. The maximum absolute atomic E-state index is 12.4. The summed E-state index contributed by atoms with van der Waals surface area (Å²) >= 11 is 1.39. The van der Waals surface area contributed by atoms with E-state index >= 15 is 0 Å². The number of hydrogen-bond acceptors (Lipinski definition) is 5. The highest BCUT2D eigenvalue weighted by atomic mass is 32.2. The molecule has 0 aliphatic heterocycles. The molecule has 0 aliphatic rings. The minimum absolute atomic E-state index is 0.258. The first-order valence-corrected chi connectivity index (χ1v) is 8.25. The summed E-state index contributed by atoms with van der Waals surface area (Å²) in [4.78, 5) is 21.0. The van der Waals surface area contributed by atoms with Crippen LogP contribution in [0, 0.1) is 0 Å². The van der Waals surface area contributed by atoms with Gasteiger partial charge in [0.25, 0.3) is 0 Å². The number of hydrogen-bond donors (Lipinski definition) is 0. The van der Waals surface area contributed by atoms with Crippen LogP contribution in [0.4, 0.5) is 0 Å². The van der Waals surface area contributed by atoms with Crippen LogP contribution in [0.2, 0.25) is 0 Å². The number of carbonyl (C=O) groups is 1. The lowest BCUT2D eigenvalue weighted by atomic mass is 10.1. The number of thioether (sulfide) groups is 1. The normalized spacial score (nSPS) is 12.0. The first-order chi connectivity index (χ1) is 11.3. The maximum atomic E-state index is 12.4. The van der Waals surface area contributed by atoms with E-state index in [9.17, 15) is 4.79 Å². The van der Waals surface area contributed by atoms with Gasteiger partial charge < -0.3 is 4.74 Å². The average Bonchev–Trinajstić information content (AvgIpc) is 2.60. The molecule has 0 radical (unpaired) electrons. The summed E-state index contributed by atoms with van der Waals surface area (Å²) in [5.41, 5.74) is 1.76. The van der Waals surface area contributed by atoms with E-state index in [1.807, 2.05) is 61.5 Å². The molecule has 116 valence electrons. The number of fused-ring (bicyclic) bond motifs is 1. The highest BCUT2D eigenvalue weighted by Crippen LogP contribution is 2.37. The van der Waals surface area contributed by atoms with E-state index in [0.29, 0.717) is 6.61 Å². The Balaban J connectivity index is 1.99. The van der Waals surface area contributed by atoms with Gasteiger partial charge in [-0.25, -0.2) is 9.97 Å². The van der Waals surface area contributed by atoms with Gasteiger partial charge in [0.15, 0.2) is 0 Å².